The van der Waals surface area contributed by atoms with Crippen LogP contribution in [-0.2, 0) is 0 Å². The van der Waals surface area contributed by atoms with Gasteiger partial charge in [0.1, 0.15) is 23.9 Å². The zero-order valence-corrected chi connectivity index (χ0v) is 12.6. The molecule has 0 radical (unpaired) electrons. The molecule has 0 fully saturated rings. The Morgan fingerprint density at radius 2 is 1.83 bits per heavy atom. The van der Waals surface area contributed by atoms with E-state index in [-0.39, 0.29) is 17.0 Å². The topological polar surface area (TPSA) is 126 Å². The number of rotatable bonds is 4. The summed E-state index contributed by atoms with van der Waals surface area (Å²) < 4.78 is 5.01. The van der Waals surface area contributed by atoms with Crippen LogP contribution in [0.3, 0.4) is 0 Å². The number of nitriles is 3. The van der Waals surface area contributed by atoms with Crippen molar-refractivity contribution in [3.8, 4) is 18.2 Å². The first-order valence-corrected chi connectivity index (χ1v) is 6.76. The largest absolute Gasteiger partial charge is 0.459 e. The predicted octanol–water partition coefficient (Wildman–Crippen LogP) is 3.08. The van der Waals surface area contributed by atoms with Gasteiger partial charge < -0.3 is 15.1 Å². The van der Waals surface area contributed by atoms with Crippen molar-refractivity contribution in [3.05, 3.63) is 59.2 Å². The van der Waals surface area contributed by atoms with Gasteiger partial charge in [-0.05, 0) is 36.8 Å². The maximum atomic E-state index is 12.0. The van der Waals surface area contributed by atoms with Crippen LogP contribution in [0.5, 0.6) is 0 Å². The van der Waals surface area contributed by atoms with Crippen molar-refractivity contribution in [3.63, 3.8) is 0 Å². The summed E-state index contributed by atoms with van der Waals surface area (Å²) in [4.78, 5) is 12.0. The number of anilines is 2. The summed E-state index contributed by atoms with van der Waals surface area (Å²) in [7, 11) is 0. The van der Waals surface area contributed by atoms with E-state index in [4.69, 9.17) is 20.2 Å². The summed E-state index contributed by atoms with van der Waals surface area (Å²) in [5.41, 5.74) is 1.26. The lowest BCUT2D eigenvalue weighted by Gasteiger charge is -2.11. The van der Waals surface area contributed by atoms with Crippen LogP contribution < -0.4 is 10.6 Å². The van der Waals surface area contributed by atoms with E-state index in [9.17, 15) is 4.79 Å². The molecule has 0 aliphatic carbocycles. The minimum atomic E-state index is -0.416. The number of carbonyl (C=O) groups excluding carboxylic acids is 1. The number of aryl methyl sites for hydroxylation is 1. The van der Waals surface area contributed by atoms with Gasteiger partial charge in [0, 0.05) is 11.4 Å². The number of hydrogen-bond acceptors (Lipinski definition) is 6. The maximum Gasteiger partial charge on any atom is 0.291 e. The standard InChI is InChI=1S/C17H11N5O2/c1-11-4-5-13(21-17(23)16-3-2-6-24-16)7-14(11)22-15(10-20)12(8-18)9-19/h2-7,22H,1H3,(H,21,23). The summed E-state index contributed by atoms with van der Waals surface area (Å²) in [5, 5.41) is 32.2. The first-order valence-electron chi connectivity index (χ1n) is 6.76. The number of amides is 1. The van der Waals surface area contributed by atoms with E-state index < -0.39 is 5.91 Å². The Bertz CT molecular complexity index is 905. The van der Waals surface area contributed by atoms with Gasteiger partial charge >= 0.3 is 0 Å². The van der Waals surface area contributed by atoms with Gasteiger partial charge in [0.2, 0.25) is 0 Å². The van der Waals surface area contributed by atoms with Crippen molar-refractivity contribution in [2.75, 3.05) is 10.6 Å². The second kappa shape index (κ2) is 7.31. The normalized spacial score (nSPS) is 9.08. The van der Waals surface area contributed by atoms with E-state index in [0.29, 0.717) is 11.4 Å². The van der Waals surface area contributed by atoms with Gasteiger partial charge in [-0.25, -0.2) is 0 Å². The van der Waals surface area contributed by atoms with Crippen LogP contribution >= 0.6 is 0 Å². The summed E-state index contributed by atoms with van der Waals surface area (Å²) in [5.74, 6) is -0.250. The second-order valence-electron chi connectivity index (χ2n) is 4.67. The van der Waals surface area contributed by atoms with Crippen LogP contribution in [0.4, 0.5) is 11.4 Å². The highest BCUT2D eigenvalue weighted by atomic mass is 16.3. The SMILES string of the molecule is Cc1ccc(NC(=O)c2ccco2)cc1NC(C#N)=C(C#N)C#N. The van der Waals surface area contributed by atoms with Gasteiger partial charge in [0.15, 0.2) is 11.3 Å². The molecule has 7 heteroatoms. The quantitative estimate of drug-likeness (QED) is 0.834. The summed E-state index contributed by atoms with van der Waals surface area (Å²) >= 11 is 0. The summed E-state index contributed by atoms with van der Waals surface area (Å²) in [6, 6.07) is 13.3. The molecule has 1 amide bonds. The van der Waals surface area contributed by atoms with Crippen LogP contribution in [0.1, 0.15) is 16.1 Å². The molecule has 0 saturated heterocycles. The minimum Gasteiger partial charge on any atom is -0.459 e. The van der Waals surface area contributed by atoms with E-state index in [2.05, 4.69) is 10.6 Å². The molecule has 1 aromatic heterocycles. The molecule has 0 bridgehead atoms. The number of carbonyl (C=O) groups is 1. The summed E-state index contributed by atoms with van der Waals surface area (Å²) in [6.07, 6.45) is 1.40. The van der Waals surface area contributed by atoms with Crippen LogP contribution in [0, 0.1) is 40.9 Å². The van der Waals surface area contributed by atoms with Crippen LogP contribution in [0.25, 0.3) is 0 Å². The van der Waals surface area contributed by atoms with E-state index >= 15 is 0 Å². The zero-order chi connectivity index (χ0) is 17.5. The lowest BCUT2D eigenvalue weighted by molar-refractivity contribution is 0.0996. The van der Waals surface area contributed by atoms with Gasteiger partial charge in [-0.2, -0.15) is 15.8 Å². The molecular weight excluding hydrogens is 306 g/mol. The number of benzene rings is 1. The molecule has 0 saturated carbocycles. The van der Waals surface area contributed by atoms with Gasteiger partial charge in [0.25, 0.3) is 5.91 Å². The number of furan rings is 1. The zero-order valence-electron chi connectivity index (χ0n) is 12.6. The van der Waals surface area contributed by atoms with E-state index in [1.807, 2.05) is 0 Å². The van der Waals surface area contributed by atoms with Gasteiger partial charge in [-0.1, -0.05) is 6.07 Å². The Morgan fingerprint density at radius 3 is 2.42 bits per heavy atom. The molecule has 2 rings (SSSR count). The molecule has 116 valence electrons. The average Bonchev–Trinajstić information content (AvgIpc) is 3.12. The number of allylic oxidation sites excluding steroid dienone is 2. The van der Waals surface area contributed by atoms with Gasteiger partial charge in [-0.15, -0.1) is 0 Å². The molecule has 0 spiro atoms. The molecule has 0 atom stereocenters. The number of hydrogen-bond donors (Lipinski definition) is 2. The molecule has 2 N–H and O–H groups in total. The predicted molar refractivity (Wildman–Crippen MR) is 85.3 cm³/mol. The Kier molecular flexibility index (Phi) is 4.98. The molecule has 7 nitrogen and oxygen atoms in total. The third-order valence-electron chi connectivity index (χ3n) is 3.09. The molecular formula is C17H11N5O2. The molecule has 0 unspecified atom stereocenters. The van der Waals surface area contributed by atoms with Crippen molar-refractivity contribution in [1.82, 2.24) is 0 Å². The number of nitrogens with one attached hydrogen (secondary N) is 2. The van der Waals surface area contributed by atoms with E-state index in [1.54, 1.807) is 49.4 Å². The fraction of sp³-hybridized carbons (Fsp3) is 0.0588. The molecule has 2 aromatic rings. The molecule has 0 aliphatic heterocycles. The third-order valence-corrected chi connectivity index (χ3v) is 3.09. The Labute approximate surface area is 138 Å². The smallest absolute Gasteiger partial charge is 0.291 e. The average molecular weight is 317 g/mol. The number of nitrogens with zero attached hydrogens (tertiary/aromatic N) is 3. The van der Waals surface area contributed by atoms with Crippen molar-refractivity contribution < 1.29 is 9.21 Å². The van der Waals surface area contributed by atoms with E-state index in [1.165, 1.54) is 12.3 Å². The Balaban J connectivity index is 2.28. The lowest BCUT2D eigenvalue weighted by Crippen LogP contribution is -2.11. The highest BCUT2D eigenvalue weighted by Crippen LogP contribution is 2.23. The van der Waals surface area contributed by atoms with E-state index in [0.717, 1.165) is 5.56 Å². The fourth-order valence-electron chi connectivity index (χ4n) is 1.85. The lowest BCUT2D eigenvalue weighted by atomic mass is 10.1. The van der Waals surface area contributed by atoms with Gasteiger partial charge in [0.05, 0.1) is 6.26 Å². The maximum absolute atomic E-state index is 12.0. The minimum absolute atomic E-state index is 0.155. The molecule has 24 heavy (non-hydrogen) atoms. The van der Waals surface area contributed by atoms with Crippen LogP contribution in [0.15, 0.2) is 52.3 Å². The molecule has 0 aliphatic rings. The first-order chi connectivity index (χ1) is 11.6. The second-order valence-corrected chi connectivity index (χ2v) is 4.67. The van der Waals surface area contributed by atoms with Crippen molar-refractivity contribution in [2.45, 2.75) is 6.92 Å². The van der Waals surface area contributed by atoms with Gasteiger partial charge in [-0.3, -0.25) is 4.79 Å². The monoisotopic (exact) mass is 317 g/mol. The Morgan fingerprint density at radius 1 is 1.08 bits per heavy atom. The fourth-order valence-corrected chi connectivity index (χ4v) is 1.85. The van der Waals surface area contributed by atoms with Crippen LogP contribution in [-0.4, -0.2) is 5.91 Å². The molecule has 1 heterocycles. The van der Waals surface area contributed by atoms with Crippen LogP contribution in [0.2, 0.25) is 0 Å². The highest BCUT2D eigenvalue weighted by Gasteiger charge is 2.11. The summed E-state index contributed by atoms with van der Waals surface area (Å²) in [6.45, 7) is 1.79. The highest BCUT2D eigenvalue weighted by molar-refractivity contribution is 6.02. The first kappa shape index (κ1) is 16.4. The van der Waals surface area contributed by atoms with Crippen molar-refractivity contribution in [2.24, 2.45) is 0 Å². The van der Waals surface area contributed by atoms with Crippen molar-refractivity contribution >= 4 is 17.3 Å². The molecule has 1 aromatic carbocycles. The van der Waals surface area contributed by atoms with Crippen molar-refractivity contribution in [1.29, 1.82) is 15.8 Å². The third kappa shape index (κ3) is 3.59. The Hall–Kier alpha value is -4.02.